The topological polar surface area (TPSA) is 97.2 Å². The van der Waals surface area contributed by atoms with E-state index < -0.39 is 18.3 Å². The summed E-state index contributed by atoms with van der Waals surface area (Å²) in [7, 11) is 2.96. The number of aliphatic hydroxyl groups is 2. The number of hydrogen-bond donors (Lipinski definition) is 3. The van der Waals surface area contributed by atoms with E-state index in [1.807, 2.05) is 36.4 Å². The van der Waals surface area contributed by atoms with Gasteiger partial charge in [0.05, 0.1) is 18.7 Å². The Morgan fingerprint density at radius 3 is 2.15 bits per heavy atom. The average molecular weight is 528 g/mol. The van der Waals surface area contributed by atoms with Crippen molar-refractivity contribution >= 4 is 22.0 Å². The Morgan fingerprint density at radius 2 is 1.56 bits per heavy atom. The molecule has 3 N–H and O–H groups in total. The van der Waals surface area contributed by atoms with Crippen LogP contribution in [0, 0.1) is 0 Å². The summed E-state index contributed by atoms with van der Waals surface area (Å²) in [5.74, 6) is 0.792. The van der Waals surface area contributed by atoms with Crippen molar-refractivity contribution in [2.45, 2.75) is 18.1 Å². The van der Waals surface area contributed by atoms with E-state index in [9.17, 15) is 15.0 Å². The van der Waals surface area contributed by atoms with Gasteiger partial charge in [-0.3, -0.25) is 0 Å². The van der Waals surface area contributed by atoms with Gasteiger partial charge in [-0.25, -0.2) is 4.79 Å². The minimum atomic E-state index is -1.31. The van der Waals surface area contributed by atoms with Gasteiger partial charge in [0, 0.05) is 18.0 Å². The highest BCUT2D eigenvalue weighted by Gasteiger charge is 2.29. The summed E-state index contributed by atoms with van der Waals surface area (Å²) < 4.78 is 16.7. The average Bonchev–Trinajstić information content (AvgIpc) is 3.19. The van der Waals surface area contributed by atoms with E-state index in [0.29, 0.717) is 21.5 Å². The van der Waals surface area contributed by atoms with Gasteiger partial charge in [-0.15, -0.1) is 0 Å². The molecule has 8 heteroatoms. The summed E-state index contributed by atoms with van der Waals surface area (Å²) in [6, 6.07) is 19.4. The number of carbonyl (C=O) groups excluding carboxylic acids is 1. The maximum Gasteiger partial charge on any atom is 0.407 e. The highest BCUT2D eigenvalue weighted by atomic mass is 79.9. The van der Waals surface area contributed by atoms with E-state index in [1.54, 1.807) is 12.1 Å². The molecule has 4 rings (SSSR count). The van der Waals surface area contributed by atoms with Crippen LogP contribution >= 0.6 is 15.9 Å². The first kappa shape index (κ1) is 24.1. The van der Waals surface area contributed by atoms with Crippen LogP contribution < -0.4 is 14.8 Å². The van der Waals surface area contributed by atoms with Crippen molar-refractivity contribution in [1.82, 2.24) is 5.32 Å². The van der Waals surface area contributed by atoms with Crippen LogP contribution in [0.2, 0.25) is 0 Å². The first-order valence-corrected chi connectivity index (χ1v) is 11.6. The van der Waals surface area contributed by atoms with Crippen LogP contribution in [0.4, 0.5) is 4.79 Å². The van der Waals surface area contributed by atoms with Crippen molar-refractivity contribution in [3.63, 3.8) is 0 Å². The molecule has 7 nitrogen and oxygen atoms in total. The number of amides is 1. The molecule has 2 atom stereocenters. The first-order valence-electron chi connectivity index (χ1n) is 10.8. The Hall–Kier alpha value is -3.07. The van der Waals surface area contributed by atoms with Crippen molar-refractivity contribution in [2.75, 3.05) is 27.4 Å². The van der Waals surface area contributed by atoms with Crippen molar-refractivity contribution in [3.05, 3.63) is 81.8 Å². The highest BCUT2D eigenvalue weighted by Crippen LogP contribution is 2.44. The second-order valence-electron chi connectivity index (χ2n) is 7.95. The number of benzene rings is 3. The summed E-state index contributed by atoms with van der Waals surface area (Å²) in [6.07, 6.45) is -3.28. The van der Waals surface area contributed by atoms with Crippen molar-refractivity contribution in [1.29, 1.82) is 0 Å². The molecule has 0 saturated heterocycles. The molecule has 0 bridgehead atoms. The van der Waals surface area contributed by atoms with Crippen LogP contribution in [0.25, 0.3) is 11.1 Å². The van der Waals surface area contributed by atoms with Gasteiger partial charge in [0.15, 0.2) is 0 Å². The molecular weight excluding hydrogens is 502 g/mol. The number of nitrogens with one attached hydrogen (secondary N) is 1. The summed E-state index contributed by atoms with van der Waals surface area (Å²) in [6.45, 7) is -0.0460. The Bertz CT molecular complexity index is 1140. The van der Waals surface area contributed by atoms with Crippen molar-refractivity contribution in [3.8, 4) is 22.6 Å². The SMILES string of the molecule is COc1cc(C(O)C(O)CNC(=O)OCC2c3ccccc3-c3ccccc32)c(OC)cc1Br. The predicted molar refractivity (Wildman–Crippen MR) is 131 cm³/mol. The summed E-state index contributed by atoms with van der Waals surface area (Å²) in [4.78, 5) is 12.4. The number of carbonyl (C=O) groups is 1. The fourth-order valence-corrected chi connectivity index (χ4v) is 4.76. The molecule has 0 heterocycles. The Kier molecular flexibility index (Phi) is 7.41. The van der Waals surface area contributed by atoms with E-state index in [1.165, 1.54) is 14.2 Å². The zero-order valence-electron chi connectivity index (χ0n) is 18.8. The minimum absolute atomic E-state index is 0.0619. The van der Waals surface area contributed by atoms with E-state index in [4.69, 9.17) is 14.2 Å². The number of halogens is 1. The Labute approximate surface area is 206 Å². The molecule has 3 aromatic carbocycles. The number of methoxy groups -OCH3 is 2. The van der Waals surface area contributed by atoms with E-state index in [2.05, 4.69) is 33.4 Å². The molecule has 0 saturated carbocycles. The predicted octanol–water partition coefficient (Wildman–Crippen LogP) is 4.40. The largest absolute Gasteiger partial charge is 0.496 e. The number of aliphatic hydroxyl groups excluding tert-OH is 2. The minimum Gasteiger partial charge on any atom is -0.496 e. The van der Waals surface area contributed by atoms with E-state index >= 15 is 0 Å². The van der Waals surface area contributed by atoms with Gasteiger partial charge >= 0.3 is 6.09 Å². The third-order valence-corrected chi connectivity index (χ3v) is 6.61. The van der Waals surface area contributed by atoms with Gasteiger partial charge in [-0.2, -0.15) is 0 Å². The lowest BCUT2D eigenvalue weighted by molar-refractivity contribution is 0.0171. The molecule has 1 amide bonds. The lowest BCUT2D eigenvalue weighted by Gasteiger charge is -2.22. The number of hydrogen-bond acceptors (Lipinski definition) is 6. The summed E-state index contributed by atoms with van der Waals surface area (Å²) in [5.41, 5.74) is 4.85. The van der Waals surface area contributed by atoms with Crippen LogP contribution in [0.3, 0.4) is 0 Å². The van der Waals surface area contributed by atoms with Gasteiger partial charge in [0.25, 0.3) is 0 Å². The Balaban J connectivity index is 1.37. The van der Waals surface area contributed by atoms with Gasteiger partial charge in [0.2, 0.25) is 0 Å². The fourth-order valence-electron chi connectivity index (χ4n) is 4.27. The number of ether oxygens (including phenoxy) is 3. The smallest absolute Gasteiger partial charge is 0.407 e. The molecule has 0 aromatic heterocycles. The van der Waals surface area contributed by atoms with Gasteiger partial charge in [-0.05, 0) is 50.3 Å². The maximum absolute atomic E-state index is 12.4. The third kappa shape index (κ3) is 4.75. The Morgan fingerprint density at radius 1 is 0.971 bits per heavy atom. The van der Waals surface area contributed by atoms with Crippen LogP contribution in [-0.2, 0) is 4.74 Å². The first-order chi connectivity index (χ1) is 16.4. The molecule has 3 aromatic rings. The second kappa shape index (κ2) is 10.5. The standard InChI is InChI=1S/C26H26BrNO6/c1-32-23-12-21(27)24(33-2)11-19(23)25(30)22(29)13-28-26(31)34-14-20-17-9-5-3-7-15(17)16-8-4-6-10-18(16)20/h3-12,20,22,25,29-30H,13-14H2,1-2H3,(H,28,31). The van der Waals surface area contributed by atoms with E-state index in [-0.39, 0.29) is 19.1 Å². The highest BCUT2D eigenvalue weighted by molar-refractivity contribution is 9.10. The molecule has 178 valence electrons. The molecule has 2 unspecified atom stereocenters. The third-order valence-electron chi connectivity index (χ3n) is 5.99. The van der Waals surface area contributed by atoms with Crippen molar-refractivity contribution in [2.24, 2.45) is 0 Å². The molecule has 34 heavy (non-hydrogen) atoms. The van der Waals surface area contributed by atoms with Crippen LogP contribution in [0.15, 0.2) is 65.1 Å². The van der Waals surface area contributed by atoms with E-state index in [0.717, 1.165) is 22.3 Å². The molecular formula is C26H26BrNO6. The number of rotatable bonds is 8. The lowest BCUT2D eigenvalue weighted by Crippen LogP contribution is -2.36. The van der Waals surface area contributed by atoms with Gasteiger partial charge in [0.1, 0.15) is 30.3 Å². The van der Waals surface area contributed by atoms with Crippen LogP contribution in [0.5, 0.6) is 11.5 Å². The summed E-state index contributed by atoms with van der Waals surface area (Å²) in [5, 5.41) is 23.7. The molecule has 0 radical (unpaired) electrons. The van der Waals surface area contributed by atoms with Gasteiger partial charge < -0.3 is 29.7 Å². The molecule has 1 aliphatic rings. The zero-order valence-corrected chi connectivity index (χ0v) is 20.4. The quantitative estimate of drug-likeness (QED) is 0.401. The monoisotopic (exact) mass is 527 g/mol. The number of alkyl carbamates (subject to hydrolysis) is 1. The van der Waals surface area contributed by atoms with Gasteiger partial charge in [-0.1, -0.05) is 48.5 Å². The normalized spacial score (nSPS) is 14.0. The molecule has 1 aliphatic carbocycles. The molecule has 0 spiro atoms. The molecule has 0 aliphatic heterocycles. The number of fused-ring (bicyclic) bond motifs is 3. The summed E-state index contributed by atoms with van der Waals surface area (Å²) >= 11 is 3.36. The lowest BCUT2D eigenvalue weighted by atomic mass is 9.98. The zero-order chi connectivity index (χ0) is 24.2. The second-order valence-corrected chi connectivity index (χ2v) is 8.80. The fraction of sp³-hybridized carbons (Fsp3) is 0.269. The van der Waals surface area contributed by atoms with Crippen molar-refractivity contribution < 1.29 is 29.2 Å². The van der Waals surface area contributed by atoms with Crippen LogP contribution in [0.1, 0.15) is 28.7 Å². The van der Waals surface area contributed by atoms with Crippen LogP contribution in [-0.4, -0.2) is 49.8 Å². The molecule has 0 fully saturated rings. The maximum atomic E-state index is 12.4.